The van der Waals surface area contributed by atoms with Gasteiger partial charge in [-0.2, -0.15) is 0 Å². The number of sulfone groups is 1. The molecule has 0 aromatic heterocycles. The van der Waals surface area contributed by atoms with Crippen LogP contribution in [0.25, 0.3) is 0 Å². The fraction of sp³-hybridized carbons (Fsp3) is 0.357. The second-order valence-corrected chi connectivity index (χ2v) is 11.7. The lowest BCUT2D eigenvalue weighted by Gasteiger charge is -2.38. The highest BCUT2D eigenvalue weighted by molar-refractivity contribution is 7.91. The van der Waals surface area contributed by atoms with Crippen LogP contribution < -0.4 is 10.2 Å². The number of amides is 1. The Morgan fingerprint density at radius 2 is 1.83 bits per heavy atom. The average Bonchev–Trinajstić information content (AvgIpc) is 2.81. The molecule has 0 saturated heterocycles. The van der Waals surface area contributed by atoms with E-state index in [1.54, 1.807) is 38.1 Å². The molecule has 7 heteroatoms. The van der Waals surface area contributed by atoms with Crippen molar-refractivity contribution in [3.05, 3.63) is 90.4 Å². The summed E-state index contributed by atoms with van der Waals surface area (Å²) in [6.07, 6.45) is 10.9. The normalized spacial score (nSPS) is 20.0. The third kappa shape index (κ3) is 6.10. The van der Waals surface area contributed by atoms with Gasteiger partial charge in [-0.25, -0.2) is 8.42 Å². The van der Waals surface area contributed by atoms with Crippen LogP contribution in [-0.2, 0) is 21.1 Å². The summed E-state index contributed by atoms with van der Waals surface area (Å²) >= 11 is 0. The van der Waals surface area contributed by atoms with E-state index in [0.29, 0.717) is 12.0 Å². The van der Waals surface area contributed by atoms with Crippen LogP contribution in [0.3, 0.4) is 0 Å². The molecule has 6 nitrogen and oxygen atoms in total. The first-order valence-corrected chi connectivity index (χ1v) is 13.8. The second-order valence-electron chi connectivity index (χ2n) is 9.44. The molecule has 0 spiro atoms. The Hall–Kier alpha value is -2.74. The van der Waals surface area contributed by atoms with Crippen LogP contribution in [0.1, 0.15) is 40.1 Å². The third-order valence-corrected chi connectivity index (χ3v) is 8.35. The van der Waals surface area contributed by atoms with Crippen LogP contribution in [0.4, 0.5) is 5.69 Å². The van der Waals surface area contributed by atoms with E-state index in [1.807, 2.05) is 59.9 Å². The number of benzene rings is 2. The minimum absolute atomic E-state index is 0. The number of nitrogens with one attached hydrogen (secondary N) is 1. The van der Waals surface area contributed by atoms with E-state index in [9.17, 15) is 18.3 Å². The fourth-order valence-electron chi connectivity index (χ4n) is 4.43. The van der Waals surface area contributed by atoms with Gasteiger partial charge in [0.25, 0.3) is 5.91 Å². The molecule has 2 aromatic carbocycles. The van der Waals surface area contributed by atoms with Gasteiger partial charge in [-0.05, 0) is 56.0 Å². The van der Waals surface area contributed by atoms with E-state index < -0.39 is 15.6 Å². The average molecular weight is 496 g/mol. The molecule has 0 heterocycles. The van der Waals surface area contributed by atoms with E-state index in [0.717, 1.165) is 30.5 Å². The van der Waals surface area contributed by atoms with Gasteiger partial charge in [-0.15, -0.1) is 0 Å². The highest BCUT2D eigenvalue weighted by Gasteiger charge is 2.32. The highest BCUT2D eigenvalue weighted by Crippen LogP contribution is 2.31. The molecule has 1 amide bonds. The Bertz CT molecular complexity index is 1200. The predicted octanol–water partition coefficient (Wildman–Crippen LogP) is 4.22. The van der Waals surface area contributed by atoms with Crippen molar-refractivity contribution in [1.29, 1.82) is 0 Å². The van der Waals surface area contributed by atoms with Crippen LogP contribution in [0, 0.1) is 6.42 Å². The van der Waals surface area contributed by atoms with Gasteiger partial charge in [0.15, 0.2) is 9.84 Å². The number of anilines is 1. The van der Waals surface area contributed by atoms with Crippen LogP contribution in [0.2, 0.25) is 0 Å². The Balaban J connectivity index is 0.00000361. The summed E-state index contributed by atoms with van der Waals surface area (Å²) in [5.41, 5.74) is 1.12. The summed E-state index contributed by atoms with van der Waals surface area (Å²) in [5.74, 6) is 0.0396. The molecule has 0 aliphatic heterocycles. The molecule has 1 saturated carbocycles. The molecule has 2 N–H and O–H groups in total. The topological polar surface area (TPSA) is 86.7 Å². The first-order valence-electron chi connectivity index (χ1n) is 12.1. The van der Waals surface area contributed by atoms with Crippen LogP contribution in [0.15, 0.2) is 83.3 Å². The zero-order chi connectivity index (χ0) is 25.1. The molecule has 2 atom stereocenters. The van der Waals surface area contributed by atoms with Crippen molar-refractivity contribution in [3.63, 3.8) is 0 Å². The summed E-state index contributed by atoms with van der Waals surface area (Å²) in [5, 5.41) is 14.1. The van der Waals surface area contributed by atoms with Gasteiger partial charge in [-0.3, -0.25) is 10.1 Å². The summed E-state index contributed by atoms with van der Waals surface area (Å²) in [4.78, 5) is 15.5. The largest absolute Gasteiger partial charge is 0.376 e. The monoisotopic (exact) mass is 495 g/mol. The lowest BCUT2D eigenvalue weighted by Crippen LogP contribution is -2.50. The second kappa shape index (κ2) is 10.5. The smallest absolute Gasteiger partial charge is 0.258 e. The van der Waals surface area contributed by atoms with Crippen molar-refractivity contribution >= 4 is 21.4 Å². The standard InChI is InChI=1S/C28H33N2O4S.H2/c1-3-35(33,34)26-18-12-21(13-19-26)20-28(2,32)29-23-16-14-22(15-17-23)27(31)30(25-10-7-11-25)24-8-5-4-6-9-24;/h4-6,8-9,12-19,23,25,29,32H,3,7,10-11,20H2,1-2H3;1H. The Labute approximate surface area is 209 Å². The van der Waals surface area contributed by atoms with E-state index in [2.05, 4.69) is 5.32 Å². The van der Waals surface area contributed by atoms with Crippen LogP contribution in [0.5, 0.6) is 0 Å². The van der Waals surface area contributed by atoms with Crippen molar-refractivity contribution in [2.24, 2.45) is 0 Å². The first-order chi connectivity index (χ1) is 16.7. The predicted molar refractivity (Wildman–Crippen MR) is 141 cm³/mol. The minimum atomic E-state index is -3.25. The van der Waals surface area contributed by atoms with E-state index >= 15 is 0 Å². The lowest BCUT2D eigenvalue weighted by atomic mass is 9.89. The maximum atomic E-state index is 13.4. The maximum absolute atomic E-state index is 13.4. The first kappa shape index (κ1) is 25.4. The number of rotatable bonds is 9. The number of nitrogens with zero attached hydrogens (tertiary/aromatic N) is 1. The van der Waals surface area contributed by atoms with Crippen molar-refractivity contribution in [2.75, 3.05) is 10.7 Å². The fourth-order valence-corrected chi connectivity index (χ4v) is 5.31. The maximum Gasteiger partial charge on any atom is 0.258 e. The van der Waals surface area contributed by atoms with Crippen molar-refractivity contribution < 1.29 is 19.7 Å². The Morgan fingerprint density at radius 3 is 2.37 bits per heavy atom. The molecule has 2 aliphatic rings. The van der Waals surface area contributed by atoms with Gasteiger partial charge in [0.1, 0.15) is 5.72 Å². The molecule has 1 radical (unpaired) electrons. The van der Waals surface area contributed by atoms with Gasteiger partial charge < -0.3 is 10.0 Å². The molecular weight excluding hydrogens is 460 g/mol. The summed E-state index contributed by atoms with van der Waals surface area (Å²) in [6, 6.07) is 16.4. The molecule has 1 fully saturated rings. The zero-order valence-corrected chi connectivity index (χ0v) is 21.0. The third-order valence-electron chi connectivity index (χ3n) is 6.59. The number of hydrogen-bond acceptors (Lipinski definition) is 5. The quantitative estimate of drug-likeness (QED) is 0.509. The van der Waals surface area contributed by atoms with Crippen LogP contribution in [-0.4, -0.2) is 43.0 Å². The molecule has 4 rings (SSSR count). The van der Waals surface area contributed by atoms with Crippen molar-refractivity contribution in [2.45, 2.75) is 62.2 Å². The van der Waals surface area contributed by atoms with E-state index in [1.165, 1.54) is 0 Å². The number of para-hydroxylation sites is 1. The van der Waals surface area contributed by atoms with Crippen molar-refractivity contribution in [1.82, 2.24) is 5.32 Å². The molecule has 35 heavy (non-hydrogen) atoms. The van der Waals surface area contributed by atoms with Gasteiger partial charge in [-0.1, -0.05) is 55.5 Å². The highest BCUT2D eigenvalue weighted by atomic mass is 32.2. The molecule has 2 aliphatic carbocycles. The lowest BCUT2D eigenvalue weighted by molar-refractivity contribution is -0.115. The van der Waals surface area contributed by atoms with E-state index in [-0.39, 0.29) is 30.1 Å². The van der Waals surface area contributed by atoms with Crippen LogP contribution >= 0.6 is 0 Å². The molecule has 2 unspecified atom stereocenters. The Kier molecular flexibility index (Phi) is 7.59. The molecule has 187 valence electrons. The zero-order valence-electron chi connectivity index (χ0n) is 20.2. The minimum Gasteiger partial charge on any atom is -0.376 e. The van der Waals surface area contributed by atoms with Gasteiger partial charge >= 0.3 is 0 Å². The molecule has 2 aromatic rings. The number of hydrogen-bond donors (Lipinski definition) is 2. The van der Waals surface area contributed by atoms with Gasteiger partial charge in [0, 0.05) is 37.6 Å². The summed E-state index contributed by atoms with van der Waals surface area (Å²) in [6.45, 7) is 3.30. The Morgan fingerprint density at radius 1 is 1.14 bits per heavy atom. The van der Waals surface area contributed by atoms with Crippen molar-refractivity contribution in [3.8, 4) is 0 Å². The molecular formula is C28H35N2O4S. The SMILES string of the molecule is CCS(=O)(=O)c1ccc(CC(C)(O)NC2[CH]C=C(C(=O)N(c3ccccc3)C3CCC3)C=C2)cc1.[HH]. The van der Waals surface area contributed by atoms with Gasteiger partial charge in [0.05, 0.1) is 10.6 Å². The van der Waals surface area contributed by atoms with E-state index in [4.69, 9.17) is 0 Å². The number of carbonyl (C=O) groups is 1. The van der Waals surface area contributed by atoms with Gasteiger partial charge in [0.2, 0.25) is 0 Å². The summed E-state index contributed by atoms with van der Waals surface area (Å²) < 4.78 is 24.0. The number of carbonyl (C=O) groups excluding carboxylic acids is 1. The number of aliphatic hydroxyl groups is 1. The summed E-state index contributed by atoms with van der Waals surface area (Å²) in [7, 11) is -3.25. The molecule has 0 bridgehead atoms.